The van der Waals surface area contributed by atoms with E-state index in [1.54, 1.807) is 12.3 Å². The number of nitrogens with one attached hydrogen (secondary N) is 1. The summed E-state index contributed by atoms with van der Waals surface area (Å²) in [7, 11) is 0. The van der Waals surface area contributed by atoms with Crippen molar-refractivity contribution >= 4 is 5.69 Å². The highest BCUT2D eigenvalue weighted by Gasteiger charge is 2.00. The molecule has 0 bridgehead atoms. The molecule has 0 aliphatic carbocycles. The Bertz CT molecular complexity index is 572. The van der Waals surface area contributed by atoms with Gasteiger partial charge >= 0.3 is 0 Å². The molecule has 2 rings (SSSR count). The Morgan fingerprint density at radius 3 is 2.61 bits per heavy atom. The Hall–Kier alpha value is -2.10. The maximum Gasteiger partial charge on any atom is 0.269 e. The maximum atomic E-state index is 11.8. The van der Waals surface area contributed by atoms with Gasteiger partial charge in [-0.05, 0) is 19.4 Å². The second-order valence-electron chi connectivity index (χ2n) is 4.26. The van der Waals surface area contributed by atoms with E-state index < -0.39 is 0 Å². The lowest BCUT2D eigenvalue weighted by Gasteiger charge is -2.07. The number of benzene rings is 1. The van der Waals surface area contributed by atoms with Crippen molar-refractivity contribution in [3.8, 4) is 0 Å². The van der Waals surface area contributed by atoms with Crippen molar-refractivity contribution < 1.29 is 0 Å². The first-order valence-electron chi connectivity index (χ1n) is 6.05. The summed E-state index contributed by atoms with van der Waals surface area (Å²) in [6.45, 7) is 5.31. The first kappa shape index (κ1) is 12.4. The normalized spacial score (nSPS) is 10.3. The van der Waals surface area contributed by atoms with Crippen LogP contribution in [0.15, 0.2) is 41.3 Å². The smallest absolute Gasteiger partial charge is 0.269 e. The number of rotatable bonds is 4. The zero-order chi connectivity index (χ0) is 13.0. The van der Waals surface area contributed by atoms with Gasteiger partial charge in [0.15, 0.2) is 0 Å². The summed E-state index contributed by atoms with van der Waals surface area (Å²) >= 11 is 0. The summed E-state index contributed by atoms with van der Waals surface area (Å²) in [6.07, 6.45) is 1.68. The third-order valence-corrected chi connectivity index (χ3v) is 2.70. The van der Waals surface area contributed by atoms with E-state index in [1.165, 1.54) is 10.2 Å². The lowest BCUT2D eigenvalue weighted by Crippen LogP contribution is -2.23. The molecule has 94 valence electrons. The van der Waals surface area contributed by atoms with Crippen molar-refractivity contribution in [2.24, 2.45) is 0 Å². The Labute approximate surface area is 106 Å². The van der Waals surface area contributed by atoms with Gasteiger partial charge in [-0.2, -0.15) is 5.10 Å². The number of nitrogens with zero attached hydrogens (tertiary/aromatic N) is 2. The summed E-state index contributed by atoms with van der Waals surface area (Å²) in [4.78, 5) is 11.8. The molecule has 1 heterocycles. The predicted octanol–water partition coefficient (Wildman–Crippen LogP) is 2.03. The van der Waals surface area contributed by atoms with Crippen molar-refractivity contribution in [1.82, 2.24) is 9.78 Å². The monoisotopic (exact) mass is 243 g/mol. The van der Waals surface area contributed by atoms with Crippen LogP contribution in [0.5, 0.6) is 0 Å². The van der Waals surface area contributed by atoms with Gasteiger partial charge in [-0.3, -0.25) is 4.79 Å². The van der Waals surface area contributed by atoms with Crippen molar-refractivity contribution in [2.45, 2.75) is 20.4 Å². The van der Waals surface area contributed by atoms with Gasteiger partial charge in [-0.15, -0.1) is 0 Å². The van der Waals surface area contributed by atoms with Crippen LogP contribution in [0.25, 0.3) is 0 Å². The van der Waals surface area contributed by atoms with Crippen LogP contribution in [0, 0.1) is 6.92 Å². The predicted molar refractivity (Wildman–Crippen MR) is 72.9 cm³/mol. The van der Waals surface area contributed by atoms with Crippen molar-refractivity contribution in [1.29, 1.82) is 0 Å². The molecule has 0 fully saturated rings. The molecule has 2 aromatic rings. The third-order valence-electron chi connectivity index (χ3n) is 2.70. The van der Waals surface area contributed by atoms with E-state index >= 15 is 0 Å². The lowest BCUT2D eigenvalue weighted by atomic mass is 10.1. The minimum atomic E-state index is -0.0889. The van der Waals surface area contributed by atoms with Gasteiger partial charge < -0.3 is 5.32 Å². The molecule has 1 N–H and O–H groups in total. The minimum Gasteiger partial charge on any atom is -0.384 e. The van der Waals surface area contributed by atoms with Gasteiger partial charge in [0.25, 0.3) is 5.56 Å². The van der Waals surface area contributed by atoms with E-state index in [0.29, 0.717) is 6.54 Å². The summed E-state index contributed by atoms with van der Waals surface area (Å²) in [5, 5.41) is 7.23. The first-order valence-corrected chi connectivity index (χ1v) is 6.05. The second kappa shape index (κ2) is 5.49. The zero-order valence-electron chi connectivity index (χ0n) is 10.7. The SMILES string of the molecule is CCNc1cnn(Cc2ccc(C)cc2)c(=O)c1. The van der Waals surface area contributed by atoms with Crippen LogP contribution in [0.4, 0.5) is 5.69 Å². The molecule has 0 aliphatic heterocycles. The van der Waals surface area contributed by atoms with Gasteiger partial charge in [0.1, 0.15) is 0 Å². The van der Waals surface area contributed by atoms with E-state index in [4.69, 9.17) is 0 Å². The molecule has 1 aromatic carbocycles. The molecule has 0 radical (unpaired) electrons. The number of anilines is 1. The van der Waals surface area contributed by atoms with E-state index in [-0.39, 0.29) is 5.56 Å². The van der Waals surface area contributed by atoms with Gasteiger partial charge in [0.05, 0.1) is 18.4 Å². The molecular weight excluding hydrogens is 226 g/mol. The number of hydrogen-bond donors (Lipinski definition) is 1. The molecule has 0 amide bonds. The quantitative estimate of drug-likeness (QED) is 0.893. The van der Waals surface area contributed by atoms with Gasteiger partial charge in [-0.25, -0.2) is 4.68 Å². The van der Waals surface area contributed by atoms with Crippen LogP contribution in [0.3, 0.4) is 0 Å². The Morgan fingerprint density at radius 2 is 2.00 bits per heavy atom. The highest BCUT2D eigenvalue weighted by atomic mass is 16.1. The number of aryl methyl sites for hydroxylation is 1. The summed E-state index contributed by atoms with van der Waals surface area (Å²) in [5.74, 6) is 0. The van der Waals surface area contributed by atoms with Crippen LogP contribution in [-0.2, 0) is 6.54 Å². The lowest BCUT2D eigenvalue weighted by molar-refractivity contribution is 0.639. The van der Waals surface area contributed by atoms with Crippen LogP contribution in [0.1, 0.15) is 18.1 Å². The van der Waals surface area contributed by atoms with Crippen LogP contribution >= 0.6 is 0 Å². The zero-order valence-corrected chi connectivity index (χ0v) is 10.7. The number of hydrogen-bond acceptors (Lipinski definition) is 3. The van der Waals surface area contributed by atoms with Crippen molar-refractivity contribution in [3.63, 3.8) is 0 Å². The summed E-state index contributed by atoms with van der Waals surface area (Å²) in [5.41, 5.74) is 2.96. The third kappa shape index (κ3) is 2.97. The largest absolute Gasteiger partial charge is 0.384 e. The Kier molecular flexibility index (Phi) is 3.77. The second-order valence-corrected chi connectivity index (χ2v) is 4.26. The molecule has 18 heavy (non-hydrogen) atoms. The summed E-state index contributed by atoms with van der Waals surface area (Å²) in [6, 6.07) is 9.68. The molecule has 0 spiro atoms. The fourth-order valence-corrected chi connectivity index (χ4v) is 1.72. The van der Waals surface area contributed by atoms with Crippen LogP contribution in [-0.4, -0.2) is 16.3 Å². The molecule has 1 aromatic heterocycles. The van der Waals surface area contributed by atoms with E-state index in [9.17, 15) is 4.79 Å². The fourth-order valence-electron chi connectivity index (χ4n) is 1.72. The van der Waals surface area contributed by atoms with Gasteiger partial charge in [0.2, 0.25) is 0 Å². The highest BCUT2D eigenvalue weighted by Crippen LogP contribution is 2.04. The molecule has 4 heteroatoms. The van der Waals surface area contributed by atoms with E-state index in [1.807, 2.05) is 38.1 Å². The van der Waals surface area contributed by atoms with E-state index in [2.05, 4.69) is 10.4 Å². The molecule has 0 atom stereocenters. The Morgan fingerprint density at radius 1 is 1.28 bits per heavy atom. The minimum absolute atomic E-state index is 0.0889. The molecule has 0 aliphatic rings. The standard InChI is InChI=1S/C14H17N3O/c1-3-15-13-8-14(18)17(16-9-13)10-12-6-4-11(2)5-7-12/h4-9,15H,3,10H2,1-2H3. The average Bonchev–Trinajstić information content (AvgIpc) is 2.36. The fraction of sp³-hybridized carbons (Fsp3) is 0.286. The van der Waals surface area contributed by atoms with Crippen molar-refractivity contribution in [3.05, 3.63) is 58.0 Å². The van der Waals surface area contributed by atoms with Gasteiger partial charge in [-0.1, -0.05) is 29.8 Å². The first-order chi connectivity index (χ1) is 8.69. The molecule has 0 saturated carbocycles. The van der Waals surface area contributed by atoms with E-state index in [0.717, 1.165) is 17.8 Å². The highest BCUT2D eigenvalue weighted by molar-refractivity contribution is 5.38. The maximum absolute atomic E-state index is 11.8. The number of aromatic nitrogens is 2. The molecular formula is C14H17N3O. The van der Waals surface area contributed by atoms with Crippen molar-refractivity contribution in [2.75, 3.05) is 11.9 Å². The van der Waals surface area contributed by atoms with Gasteiger partial charge in [0, 0.05) is 12.6 Å². The Balaban J connectivity index is 2.19. The summed E-state index contributed by atoms with van der Waals surface area (Å²) < 4.78 is 1.46. The van der Waals surface area contributed by atoms with Crippen LogP contribution in [0.2, 0.25) is 0 Å². The topological polar surface area (TPSA) is 46.9 Å². The molecule has 4 nitrogen and oxygen atoms in total. The average molecular weight is 243 g/mol. The molecule has 0 saturated heterocycles. The van der Waals surface area contributed by atoms with Crippen LogP contribution < -0.4 is 10.9 Å². The molecule has 0 unspecified atom stereocenters.